The van der Waals surface area contributed by atoms with Gasteiger partial charge in [0, 0.05) is 39.4 Å². The number of para-hydroxylation sites is 1. The highest BCUT2D eigenvalue weighted by atomic mass is 16.2. The minimum absolute atomic E-state index is 0.101. The van der Waals surface area contributed by atoms with Gasteiger partial charge >= 0.3 is 0 Å². The zero-order valence-electron chi connectivity index (χ0n) is 16.2. The first-order valence-corrected chi connectivity index (χ1v) is 9.65. The van der Waals surface area contributed by atoms with Gasteiger partial charge in [0.2, 0.25) is 17.8 Å². The largest absolute Gasteiger partial charge is 0.349 e. The molecule has 0 radical (unpaired) electrons. The number of likely N-dealkylation sites (tertiary alicyclic amines) is 1. The van der Waals surface area contributed by atoms with Gasteiger partial charge < -0.3 is 14.7 Å². The van der Waals surface area contributed by atoms with E-state index in [2.05, 4.69) is 10.3 Å². The minimum atomic E-state index is -0.786. The Balaban J connectivity index is 1.41. The summed E-state index contributed by atoms with van der Waals surface area (Å²) in [5, 5.41) is 2.82. The Labute approximate surface area is 164 Å². The molecule has 28 heavy (non-hydrogen) atoms. The Morgan fingerprint density at radius 2 is 1.82 bits per heavy atom. The standard InChI is InChI=1S/C20H25N5O3/c1-23(2)19-21-18(28)20(22-19)9-12-24(13-10-20)16(26)15-8-11-25(17(15)27)14-6-4-3-5-7-14/h3-7,15H,8-13H2,1-2H3,(H,21,22,28). The Hall–Kier alpha value is -2.90. The number of carbonyl (C=O) groups excluding carboxylic acids is 3. The number of hydrogen-bond donors (Lipinski definition) is 1. The molecule has 148 valence electrons. The summed E-state index contributed by atoms with van der Waals surface area (Å²) in [6, 6.07) is 9.44. The number of hydrogen-bond acceptors (Lipinski definition) is 5. The highest BCUT2D eigenvalue weighted by Gasteiger charge is 2.48. The summed E-state index contributed by atoms with van der Waals surface area (Å²) in [6.45, 7) is 1.42. The van der Waals surface area contributed by atoms with Gasteiger partial charge in [-0.15, -0.1) is 0 Å². The Morgan fingerprint density at radius 3 is 2.43 bits per heavy atom. The van der Waals surface area contributed by atoms with E-state index in [9.17, 15) is 14.4 Å². The summed E-state index contributed by atoms with van der Waals surface area (Å²) >= 11 is 0. The van der Waals surface area contributed by atoms with Crippen molar-refractivity contribution in [2.75, 3.05) is 38.6 Å². The molecule has 2 fully saturated rings. The number of benzene rings is 1. The lowest BCUT2D eigenvalue weighted by atomic mass is 9.87. The maximum atomic E-state index is 13.0. The van der Waals surface area contributed by atoms with Crippen molar-refractivity contribution >= 4 is 29.4 Å². The van der Waals surface area contributed by atoms with Crippen LogP contribution >= 0.6 is 0 Å². The quantitative estimate of drug-likeness (QED) is 0.752. The third-order valence-corrected chi connectivity index (χ3v) is 5.87. The van der Waals surface area contributed by atoms with Crippen LogP contribution in [0, 0.1) is 5.92 Å². The van der Waals surface area contributed by atoms with Gasteiger partial charge in [0.1, 0.15) is 11.5 Å². The number of rotatable bonds is 2. The van der Waals surface area contributed by atoms with Crippen LogP contribution in [0.3, 0.4) is 0 Å². The summed E-state index contributed by atoms with van der Waals surface area (Å²) in [5.74, 6) is -0.436. The second kappa shape index (κ2) is 6.92. The molecule has 8 heteroatoms. The lowest BCUT2D eigenvalue weighted by Gasteiger charge is -2.36. The van der Waals surface area contributed by atoms with Gasteiger partial charge in [-0.3, -0.25) is 19.7 Å². The molecular formula is C20H25N5O3. The van der Waals surface area contributed by atoms with Crippen LogP contribution in [-0.4, -0.2) is 72.7 Å². The molecule has 1 aromatic carbocycles. The van der Waals surface area contributed by atoms with E-state index >= 15 is 0 Å². The fraction of sp³-hybridized carbons (Fsp3) is 0.500. The lowest BCUT2D eigenvalue weighted by Crippen LogP contribution is -2.52. The second-order valence-electron chi connectivity index (χ2n) is 7.81. The summed E-state index contributed by atoms with van der Waals surface area (Å²) in [7, 11) is 3.67. The molecule has 1 spiro atoms. The summed E-state index contributed by atoms with van der Waals surface area (Å²) in [4.78, 5) is 48.0. The van der Waals surface area contributed by atoms with Crippen LogP contribution in [0.25, 0.3) is 0 Å². The maximum Gasteiger partial charge on any atom is 0.254 e. The fourth-order valence-corrected chi connectivity index (χ4v) is 4.14. The predicted molar refractivity (Wildman–Crippen MR) is 105 cm³/mol. The molecule has 0 saturated carbocycles. The molecule has 8 nitrogen and oxygen atoms in total. The minimum Gasteiger partial charge on any atom is -0.349 e. The number of nitrogens with one attached hydrogen (secondary N) is 1. The molecule has 3 heterocycles. The number of piperidine rings is 1. The molecule has 4 rings (SSSR count). The van der Waals surface area contributed by atoms with Crippen LogP contribution in [0.15, 0.2) is 35.3 Å². The van der Waals surface area contributed by atoms with Crippen molar-refractivity contribution in [1.82, 2.24) is 15.1 Å². The van der Waals surface area contributed by atoms with Crippen LogP contribution in [0.5, 0.6) is 0 Å². The normalized spacial score (nSPS) is 23.8. The number of guanidine groups is 1. The maximum absolute atomic E-state index is 13.0. The van der Waals surface area contributed by atoms with Crippen LogP contribution < -0.4 is 10.2 Å². The van der Waals surface area contributed by atoms with Crippen molar-refractivity contribution in [1.29, 1.82) is 0 Å². The van der Waals surface area contributed by atoms with Gasteiger partial charge in [-0.1, -0.05) is 18.2 Å². The highest BCUT2D eigenvalue weighted by molar-refractivity contribution is 6.10. The van der Waals surface area contributed by atoms with Gasteiger partial charge in [0.05, 0.1) is 0 Å². The van der Waals surface area contributed by atoms with Crippen molar-refractivity contribution in [3.8, 4) is 0 Å². The zero-order valence-corrected chi connectivity index (χ0v) is 16.2. The molecule has 1 N–H and O–H groups in total. The number of anilines is 1. The van der Waals surface area contributed by atoms with E-state index in [1.54, 1.807) is 14.7 Å². The number of carbonyl (C=O) groups is 3. The molecule has 3 amide bonds. The first-order valence-electron chi connectivity index (χ1n) is 9.65. The molecule has 0 bridgehead atoms. The number of nitrogens with zero attached hydrogens (tertiary/aromatic N) is 4. The average molecular weight is 383 g/mol. The van der Waals surface area contributed by atoms with E-state index in [1.807, 2.05) is 44.4 Å². The van der Waals surface area contributed by atoms with Gasteiger partial charge in [-0.2, -0.15) is 0 Å². The van der Waals surface area contributed by atoms with E-state index in [1.165, 1.54) is 0 Å². The zero-order chi connectivity index (χ0) is 19.9. The van der Waals surface area contributed by atoms with Gasteiger partial charge in [0.15, 0.2) is 0 Å². The fourth-order valence-electron chi connectivity index (χ4n) is 4.14. The highest BCUT2D eigenvalue weighted by Crippen LogP contribution is 2.32. The lowest BCUT2D eigenvalue weighted by molar-refractivity contribution is -0.142. The smallest absolute Gasteiger partial charge is 0.254 e. The van der Waals surface area contributed by atoms with Gasteiger partial charge in [-0.05, 0) is 31.4 Å². The molecule has 0 aromatic heterocycles. The molecule has 0 aliphatic carbocycles. The topological polar surface area (TPSA) is 85.3 Å². The van der Waals surface area contributed by atoms with Crippen molar-refractivity contribution in [2.45, 2.75) is 24.8 Å². The van der Waals surface area contributed by atoms with Crippen molar-refractivity contribution in [2.24, 2.45) is 10.9 Å². The monoisotopic (exact) mass is 383 g/mol. The van der Waals surface area contributed by atoms with Gasteiger partial charge in [-0.25, -0.2) is 4.99 Å². The first-order chi connectivity index (χ1) is 13.4. The molecule has 1 unspecified atom stereocenters. The Morgan fingerprint density at radius 1 is 1.14 bits per heavy atom. The second-order valence-corrected chi connectivity index (χ2v) is 7.81. The molecule has 3 aliphatic heterocycles. The number of aliphatic imine (C=N–C) groups is 1. The summed E-state index contributed by atoms with van der Waals surface area (Å²) in [6.07, 6.45) is 1.48. The molecular weight excluding hydrogens is 358 g/mol. The average Bonchev–Trinajstić information content (AvgIpc) is 3.23. The van der Waals surface area contributed by atoms with Gasteiger partial charge in [0.25, 0.3) is 5.91 Å². The van der Waals surface area contributed by atoms with E-state index in [0.29, 0.717) is 44.9 Å². The molecule has 3 aliphatic rings. The predicted octanol–water partition coefficient (Wildman–Crippen LogP) is 0.448. The molecule has 2 saturated heterocycles. The summed E-state index contributed by atoms with van der Waals surface area (Å²) in [5.41, 5.74) is 0.0418. The van der Waals surface area contributed by atoms with Crippen LogP contribution in [-0.2, 0) is 14.4 Å². The van der Waals surface area contributed by atoms with Crippen LogP contribution in [0.2, 0.25) is 0 Å². The number of amides is 3. The Bertz CT molecular complexity index is 828. The molecule has 1 aromatic rings. The molecule has 1 atom stereocenters. The van der Waals surface area contributed by atoms with E-state index in [4.69, 9.17) is 0 Å². The van der Waals surface area contributed by atoms with E-state index < -0.39 is 11.5 Å². The third kappa shape index (κ3) is 3.02. The third-order valence-electron chi connectivity index (χ3n) is 5.87. The summed E-state index contributed by atoms with van der Waals surface area (Å²) < 4.78 is 0. The van der Waals surface area contributed by atoms with E-state index in [0.717, 1.165) is 5.69 Å². The SMILES string of the molecule is CN(C)C1=NC2(CCN(C(=O)C3CCN(c4ccccc4)C3=O)CC2)C(=O)N1. The van der Waals surface area contributed by atoms with Crippen LogP contribution in [0.4, 0.5) is 5.69 Å². The van der Waals surface area contributed by atoms with E-state index in [-0.39, 0.29) is 17.7 Å². The van der Waals surface area contributed by atoms with Crippen molar-refractivity contribution < 1.29 is 14.4 Å². The van der Waals surface area contributed by atoms with Crippen LogP contribution in [0.1, 0.15) is 19.3 Å². The first kappa shape index (κ1) is 18.5. The van der Waals surface area contributed by atoms with Crippen molar-refractivity contribution in [3.63, 3.8) is 0 Å². The Kier molecular flexibility index (Phi) is 4.56. The van der Waals surface area contributed by atoms with Crippen molar-refractivity contribution in [3.05, 3.63) is 30.3 Å².